The summed E-state index contributed by atoms with van der Waals surface area (Å²) >= 11 is 0. The van der Waals surface area contributed by atoms with Crippen LogP contribution in [0.4, 0.5) is 4.39 Å². The van der Waals surface area contributed by atoms with Crippen molar-refractivity contribution in [1.82, 2.24) is 25.3 Å². The molecule has 1 aliphatic rings. The quantitative estimate of drug-likeness (QED) is 0.784. The summed E-state index contributed by atoms with van der Waals surface area (Å²) in [6.45, 7) is 2.07. The standard InChI is InChI=1S/C19H18FN5O/c1-19(8-2-9-19)22-18(26)13-3-5-14(6-4-13)25-12-17(23-24-25)15-7-10-21-11-16(15)20/h3-7,10-12H,2,8-9H2,1H3,(H,22,26). The Kier molecular flexibility index (Phi) is 3.99. The third-order valence-corrected chi connectivity index (χ3v) is 4.81. The predicted octanol–water partition coefficient (Wildman–Crippen LogP) is 3.14. The molecule has 0 radical (unpaired) electrons. The minimum atomic E-state index is -0.448. The van der Waals surface area contributed by atoms with Crippen LogP contribution in [0.15, 0.2) is 48.9 Å². The van der Waals surface area contributed by atoms with Gasteiger partial charge in [0.15, 0.2) is 5.82 Å². The van der Waals surface area contributed by atoms with Crippen molar-refractivity contribution in [2.24, 2.45) is 0 Å². The monoisotopic (exact) mass is 351 g/mol. The molecule has 0 saturated heterocycles. The van der Waals surface area contributed by atoms with Crippen LogP contribution in [0.1, 0.15) is 36.5 Å². The summed E-state index contributed by atoms with van der Waals surface area (Å²) in [4.78, 5) is 16.1. The number of nitrogens with zero attached hydrogens (tertiary/aromatic N) is 4. The molecule has 2 aromatic heterocycles. The van der Waals surface area contributed by atoms with Gasteiger partial charge in [-0.25, -0.2) is 9.07 Å². The molecular weight excluding hydrogens is 333 g/mol. The summed E-state index contributed by atoms with van der Waals surface area (Å²) in [5.41, 5.74) is 2.03. The van der Waals surface area contributed by atoms with E-state index < -0.39 is 5.82 Å². The Morgan fingerprint density at radius 3 is 2.65 bits per heavy atom. The van der Waals surface area contributed by atoms with Crippen molar-refractivity contribution in [3.63, 3.8) is 0 Å². The SMILES string of the molecule is CC1(NC(=O)c2ccc(-n3cc(-c4ccncc4F)nn3)cc2)CCC1. The van der Waals surface area contributed by atoms with Gasteiger partial charge in [-0.05, 0) is 56.5 Å². The molecule has 0 spiro atoms. The highest BCUT2D eigenvalue weighted by molar-refractivity contribution is 5.94. The molecule has 3 aromatic rings. The summed E-state index contributed by atoms with van der Waals surface area (Å²) in [5.74, 6) is -0.520. The van der Waals surface area contributed by atoms with E-state index in [1.165, 1.54) is 6.20 Å². The Bertz CT molecular complexity index is 947. The lowest BCUT2D eigenvalue weighted by atomic mass is 9.78. The largest absolute Gasteiger partial charge is 0.347 e. The maximum Gasteiger partial charge on any atom is 0.251 e. The van der Waals surface area contributed by atoms with Crippen molar-refractivity contribution < 1.29 is 9.18 Å². The Morgan fingerprint density at radius 1 is 1.23 bits per heavy atom. The lowest BCUT2D eigenvalue weighted by Gasteiger charge is -2.39. The summed E-state index contributed by atoms with van der Waals surface area (Å²) in [6.07, 6.45) is 7.48. The Hall–Kier alpha value is -3.09. The highest BCUT2D eigenvalue weighted by atomic mass is 19.1. The number of hydrogen-bond acceptors (Lipinski definition) is 4. The van der Waals surface area contributed by atoms with E-state index in [0.717, 1.165) is 31.1 Å². The van der Waals surface area contributed by atoms with Crippen LogP contribution >= 0.6 is 0 Å². The number of nitrogens with one attached hydrogen (secondary N) is 1. The van der Waals surface area contributed by atoms with Crippen LogP contribution in [0.2, 0.25) is 0 Å². The molecule has 2 heterocycles. The summed E-state index contributed by atoms with van der Waals surface area (Å²) in [6, 6.07) is 8.64. The molecule has 0 unspecified atom stereocenters. The number of rotatable bonds is 4. The van der Waals surface area contributed by atoms with Gasteiger partial charge in [-0.2, -0.15) is 0 Å². The second-order valence-electron chi connectivity index (χ2n) is 6.82. The van der Waals surface area contributed by atoms with Crippen LogP contribution in [-0.4, -0.2) is 31.4 Å². The first-order valence-corrected chi connectivity index (χ1v) is 8.49. The summed E-state index contributed by atoms with van der Waals surface area (Å²) in [5, 5.41) is 11.1. The lowest BCUT2D eigenvalue weighted by molar-refractivity contribution is 0.0850. The Labute approximate surface area is 150 Å². The lowest BCUT2D eigenvalue weighted by Crippen LogP contribution is -2.50. The smallest absolute Gasteiger partial charge is 0.251 e. The van der Waals surface area contributed by atoms with Gasteiger partial charge in [-0.1, -0.05) is 5.21 Å². The molecule has 1 aliphatic carbocycles. The fourth-order valence-corrected chi connectivity index (χ4v) is 3.04. The zero-order valence-corrected chi connectivity index (χ0v) is 14.3. The molecule has 1 amide bonds. The van der Waals surface area contributed by atoms with Gasteiger partial charge in [0.1, 0.15) is 5.69 Å². The molecule has 7 heteroatoms. The fraction of sp³-hybridized carbons (Fsp3) is 0.263. The minimum absolute atomic E-state index is 0.0723. The van der Waals surface area contributed by atoms with Crippen molar-refractivity contribution in [1.29, 1.82) is 0 Å². The van der Waals surface area contributed by atoms with E-state index >= 15 is 0 Å². The first-order valence-electron chi connectivity index (χ1n) is 8.49. The van der Waals surface area contributed by atoms with Crippen LogP contribution in [0.3, 0.4) is 0 Å². The van der Waals surface area contributed by atoms with Gasteiger partial charge >= 0.3 is 0 Å². The van der Waals surface area contributed by atoms with Gasteiger partial charge in [0.05, 0.1) is 18.1 Å². The van der Waals surface area contributed by atoms with E-state index in [1.807, 2.05) is 0 Å². The summed E-state index contributed by atoms with van der Waals surface area (Å²) < 4.78 is 15.4. The van der Waals surface area contributed by atoms with E-state index in [2.05, 4.69) is 27.5 Å². The van der Waals surface area contributed by atoms with Crippen molar-refractivity contribution in [3.8, 4) is 16.9 Å². The number of amides is 1. The highest BCUT2D eigenvalue weighted by Crippen LogP contribution is 2.31. The van der Waals surface area contributed by atoms with Gasteiger partial charge < -0.3 is 5.32 Å². The van der Waals surface area contributed by atoms with E-state index in [0.29, 0.717) is 16.8 Å². The number of hydrogen-bond donors (Lipinski definition) is 1. The highest BCUT2D eigenvalue weighted by Gasteiger charge is 2.33. The third kappa shape index (κ3) is 3.08. The predicted molar refractivity (Wildman–Crippen MR) is 94.3 cm³/mol. The number of carbonyl (C=O) groups is 1. The number of halogens is 1. The first kappa shape index (κ1) is 16.4. The normalized spacial score (nSPS) is 15.3. The number of pyridine rings is 1. The zero-order chi connectivity index (χ0) is 18.1. The fourth-order valence-electron chi connectivity index (χ4n) is 3.04. The zero-order valence-electron chi connectivity index (χ0n) is 14.3. The van der Waals surface area contributed by atoms with Crippen LogP contribution < -0.4 is 5.32 Å². The van der Waals surface area contributed by atoms with Crippen molar-refractivity contribution in [2.45, 2.75) is 31.7 Å². The topological polar surface area (TPSA) is 72.7 Å². The first-order chi connectivity index (χ1) is 12.5. The molecule has 132 valence electrons. The van der Waals surface area contributed by atoms with Gasteiger partial charge in [-0.15, -0.1) is 5.10 Å². The molecule has 26 heavy (non-hydrogen) atoms. The number of benzene rings is 1. The second kappa shape index (κ2) is 6.33. The van der Waals surface area contributed by atoms with E-state index in [4.69, 9.17) is 0 Å². The van der Waals surface area contributed by atoms with Gasteiger partial charge in [0, 0.05) is 22.9 Å². The molecule has 0 bridgehead atoms. The van der Waals surface area contributed by atoms with Gasteiger partial charge in [0.25, 0.3) is 5.91 Å². The average Bonchev–Trinajstić information content (AvgIpc) is 3.11. The van der Waals surface area contributed by atoms with Gasteiger partial charge in [0.2, 0.25) is 0 Å². The van der Waals surface area contributed by atoms with E-state index in [9.17, 15) is 9.18 Å². The molecule has 1 N–H and O–H groups in total. The number of aromatic nitrogens is 4. The maximum atomic E-state index is 13.8. The molecule has 6 nitrogen and oxygen atoms in total. The van der Waals surface area contributed by atoms with Gasteiger partial charge in [-0.3, -0.25) is 9.78 Å². The molecule has 1 aromatic carbocycles. The van der Waals surface area contributed by atoms with Crippen LogP contribution in [-0.2, 0) is 0 Å². The van der Waals surface area contributed by atoms with Crippen molar-refractivity contribution >= 4 is 5.91 Å². The maximum absolute atomic E-state index is 13.8. The molecular formula is C19H18FN5O. The second-order valence-corrected chi connectivity index (χ2v) is 6.82. The van der Waals surface area contributed by atoms with E-state index in [-0.39, 0.29) is 11.4 Å². The molecule has 1 saturated carbocycles. The molecule has 4 rings (SSSR count). The Morgan fingerprint density at radius 2 is 2.00 bits per heavy atom. The molecule has 0 atom stereocenters. The van der Waals surface area contributed by atoms with Crippen molar-refractivity contribution in [2.75, 3.05) is 0 Å². The number of carbonyl (C=O) groups excluding carboxylic acids is 1. The average molecular weight is 351 g/mol. The third-order valence-electron chi connectivity index (χ3n) is 4.81. The summed E-state index contributed by atoms with van der Waals surface area (Å²) in [7, 11) is 0. The van der Waals surface area contributed by atoms with Crippen LogP contribution in [0, 0.1) is 5.82 Å². The van der Waals surface area contributed by atoms with Crippen LogP contribution in [0.5, 0.6) is 0 Å². The Balaban J connectivity index is 1.52. The molecule has 1 fully saturated rings. The molecule has 0 aliphatic heterocycles. The minimum Gasteiger partial charge on any atom is -0.347 e. The van der Waals surface area contributed by atoms with Crippen molar-refractivity contribution in [3.05, 3.63) is 60.3 Å². The van der Waals surface area contributed by atoms with E-state index in [1.54, 1.807) is 41.2 Å². The van der Waals surface area contributed by atoms with Crippen LogP contribution in [0.25, 0.3) is 16.9 Å².